The molecule has 0 atom stereocenters. The molecule has 6 heteroatoms. The number of carbonyl (C=O) groups excluding carboxylic acids is 2. The third kappa shape index (κ3) is 3.66. The van der Waals surface area contributed by atoms with Crippen LogP contribution in [0.25, 0.3) is 0 Å². The zero-order chi connectivity index (χ0) is 12.0. The summed E-state index contributed by atoms with van der Waals surface area (Å²) in [6.45, 7) is 0.246. The number of carbonyl (C=O) groups is 2. The zero-order valence-electron chi connectivity index (χ0n) is 8.50. The van der Waals surface area contributed by atoms with E-state index in [0.29, 0.717) is 6.42 Å². The Labute approximate surface area is 91.8 Å². The first kappa shape index (κ1) is 12.1. The van der Waals surface area contributed by atoms with Crippen molar-refractivity contribution in [1.82, 2.24) is 10.7 Å². The monoisotopic (exact) mass is 225 g/mol. The highest BCUT2D eigenvalue weighted by atomic mass is 19.1. The first-order valence-electron chi connectivity index (χ1n) is 4.66. The third-order valence-electron chi connectivity index (χ3n) is 1.93. The van der Waals surface area contributed by atoms with Crippen LogP contribution in [-0.2, 0) is 16.0 Å². The predicted octanol–water partition coefficient (Wildman–Crippen LogP) is -0.526. The molecule has 16 heavy (non-hydrogen) atoms. The van der Waals surface area contributed by atoms with Crippen LogP contribution in [-0.4, -0.2) is 18.4 Å². The maximum absolute atomic E-state index is 12.8. The van der Waals surface area contributed by atoms with Gasteiger partial charge in [-0.3, -0.25) is 15.0 Å². The summed E-state index contributed by atoms with van der Waals surface area (Å²) in [7, 11) is 0. The number of hydrogen-bond donors (Lipinski definition) is 3. The van der Waals surface area contributed by atoms with Crippen molar-refractivity contribution < 1.29 is 14.0 Å². The van der Waals surface area contributed by atoms with Crippen molar-refractivity contribution in [1.29, 1.82) is 0 Å². The third-order valence-corrected chi connectivity index (χ3v) is 1.93. The van der Waals surface area contributed by atoms with Crippen LogP contribution in [0.5, 0.6) is 0 Å². The summed E-state index contributed by atoms with van der Waals surface area (Å²) >= 11 is 0. The van der Waals surface area contributed by atoms with Gasteiger partial charge in [-0.05, 0) is 24.1 Å². The van der Waals surface area contributed by atoms with E-state index in [9.17, 15) is 14.0 Å². The molecule has 0 radical (unpaired) electrons. The van der Waals surface area contributed by atoms with Crippen molar-refractivity contribution in [2.24, 2.45) is 5.84 Å². The van der Waals surface area contributed by atoms with E-state index in [-0.39, 0.29) is 12.4 Å². The summed E-state index contributed by atoms with van der Waals surface area (Å²) < 4.78 is 12.8. The van der Waals surface area contributed by atoms with E-state index in [1.165, 1.54) is 12.1 Å². The molecule has 0 unspecified atom stereocenters. The number of hydrogen-bond acceptors (Lipinski definition) is 3. The highest BCUT2D eigenvalue weighted by Gasteiger charge is 2.09. The van der Waals surface area contributed by atoms with Crippen molar-refractivity contribution in [2.45, 2.75) is 6.42 Å². The fraction of sp³-hybridized carbons (Fsp3) is 0.200. The van der Waals surface area contributed by atoms with Crippen LogP contribution in [0.15, 0.2) is 24.3 Å². The maximum atomic E-state index is 12.8. The maximum Gasteiger partial charge on any atom is 0.323 e. The Morgan fingerprint density at radius 3 is 2.69 bits per heavy atom. The average molecular weight is 225 g/mol. The summed E-state index contributed by atoms with van der Waals surface area (Å²) in [6, 6.07) is 6.02. The van der Waals surface area contributed by atoms with Crippen LogP contribution in [0.3, 0.4) is 0 Å². The van der Waals surface area contributed by atoms with E-state index in [4.69, 9.17) is 5.84 Å². The van der Waals surface area contributed by atoms with E-state index < -0.39 is 11.8 Å². The molecule has 0 aliphatic heterocycles. The number of benzene rings is 1. The Bertz CT molecular complexity index is 395. The summed E-state index contributed by atoms with van der Waals surface area (Å²) in [5.74, 6) is 2.73. The molecular formula is C10H12FN3O2. The van der Waals surface area contributed by atoms with Gasteiger partial charge in [-0.1, -0.05) is 12.1 Å². The van der Waals surface area contributed by atoms with Gasteiger partial charge in [-0.2, -0.15) is 0 Å². The van der Waals surface area contributed by atoms with E-state index in [2.05, 4.69) is 5.32 Å². The van der Waals surface area contributed by atoms with Gasteiger partial charge in [-0.25, -0.2) is 10.2 Å². The topological polar surface area (TPSA) is 84.2 Å². The number of amides is 2. The van der Waals surface area contributed by atoms with Gasteiger partial charge in [0.15, 0.2) is 0 Å². The van der Waals surface area contributed by atoms with E-state index in [1.807, 2.05) is 0 Å². The number of hydrazine groups is 1. The van der Waals surface area contributed by atoms with Crippen LogP contribution >= 0.6 is 0 Å². The lowest BCUT2D eigenvalue weighted by Gasteiger charge is -2.04. The minimum absolute atomic E-state index is 0.246. The molecule has 0 aliphatic rings. The summed E-state index contributed by atoms with van der Waals surface area (Å²) in [4.78, 5) is 21.7. The smallest absolute Gasteiger partial charge is 0.323 e. The molecular weight excluding hydrogens is 213 g/mol. The van der Waals surface area contributed by atoms with Crippen molar-refractivity contribution in [3.8, 4) is 0 Å². The number of halogens is 1. The SMILES string of the molecule is NNC(=O)C(=O)NCCc1cccc(F)c1. The second-order valence-corrected chi connectivity index (χ2v) is 3.11. The first-order valence-corrected chi connectivity index (χ1v) is 4.66. The van der Waals surface area contributed by atoms with Gasteiger partial charge in [0.25, 0.3) is 0 Å². The van der Waals surface area contributed by atoms with Crippen molar-refractivity contribution in [3.63, 3.8) is 0 Å². The van der Waals surface area contributed by atoms with Gasteiger partial charge in [0, 0.05) is 6.54 Å². The van der Waals surface area contributed by atoms with Gasteiger partial charge >= 0.3 is 11.8 Å². The highest BCUT2D eigenvalue weighted by molar-refractivity contribution is 6.34. The van der Waals surface area contributed by atoms with E-state index >= 15 is 0 Å². The Balaban J connectivity index is 2.36. The molecule has 0 aliphatic carbocycles. The van der Waals surface area contributed by atoms with Crippen LogP contribution in [0.2, 0.25) is 0 Å². The molecule has 0 spiro atoms. The molecule has 0 saturated carbocycles. The molecule has 5 nitrogen and oxygen atoms in total. The molecule has 2 amide bonds. The normalized spacial score (nSPS) is 9.62. The van der Waals surface area contributed by atoms with Gasteiger partial charge in [0.05, 0.1) is 0 Å². The minimum Gasteiger partial charge on any atom is -0.347 e. The average Bonchev–Trinajstić information content (AvgIpc) is 2.28. The number of nitrogens with two attached hydrogens (primary N) is 1. The highest BCUT2D eigenvalue weighted by Crippen LogP contribution is 2.03. The lowest BCUT2D eigenvalue weighted by molar-refractivity contribution is -0.139. The van der Waals surface area contributed by atoms with Gasteiger partial charge in [0.1, 0.15) is 5.82 Å². The predicted molar refractivity (Wildman–Crippen MR) is 55.4 cm³/mol. The van der Waals surface area contributed by atoms with Gasteiger partial charge in [-0.15, -0.1) is 0 Å². The molecule has 1 rings (SSSR count). The summed E-state index contributed by atoms with van der Waals surface area (Å²) in [6.07, 6.45) is 0.446. The molecule has 0 heterocycles. The second-order valence-electron chi connectivity index (χ2n) is 3.11. The lowest BCUT2D eigenvalue weighted by Crippen LogP contribution is -2.43. The van der Waals surface area contributed by atoms with Crippen molar-refractivity contribution >= 4 is 11.8 Å². The molecule has 0 saturated heterocycles. The lowest BCUT2D eigenvalue weighted by atomic mass is 10.1. The van der Waals surface area contributed by atoms with E-state index in [0.717, 1.165) is 5.56 Å². The molecule has 86 valence electrons. The summed E-state index contributed by atoms with van der Waals surface area (Å²) in [5, 5.41) is 2.35. The van der Waals surface area contributed by atoms with Crippen LogP contribution in [0.4, 0.5) is 4.39 Å². The molecule has 0 aromatic heterocycles. The standard InChI is InChI=1S/C10H12FN3O2/c11-8-3-1-2-7(6-8)4-5-13-9(15)10(16)14-12/h1-3,6H,4-5,12H2,(H,13,15)(H,14,16). The second kappa shape index (κ2) is 5.82. The number of rotatable bonds is 3. The Hall–Kier alpha value is -1.95. The van der Waals surface area contributed by atoms with Crippen molar-refractivity contribution in [2.75, 3.05) is 6.54 Å². The number of nitrogens with one attached hydrogen (secondary N) is 2. The fourth-order valence-electron chi connectivity index (χ4n) is 1.16. The van der Waals surface area contributed by atoms with Crippen molar-refractivity contribution in [3.05, 3.63) is 35.6 Å². The van der Waals surface area contributed by atoms with Crippen LogP contribution < -0.4 is 16.6 Å². The van der Waals surface area contributed by atoms with Crippen LogP contribution in [0, 0.1) is 5.82 Å². The van der Waals surface area contributed by atoms with Gasteiger partial charge < -0.3 is 5.32 Å². The molecule has 0 fully saturated rings. The Morgan fingerprint density at radius 1 is 1.31 bits per heavy atom. The molecule has 1 aromatic rings. The Morgan fingerprint density at radius 2 is 2.06 bits per heavy atom. The quantitative estimate of drug-likeness (QED) is 0.280. The summed E-state index contributed by atoms with van der Waals surface area (Å²) in [5.41, 5.74) is 2.46. The molecule has 4 N–H and O–H groups in total. The molecule has 0 bridgehead atoms. The van der Waals surface area contributed by atoms with E-state index in [1.54, 1.807) is 17.6 Å². The zero-order valence-corrected chi connectivity index (χ0v) is 8.50. The fourth-order valence-corrected chi connectivity index (χ4v) is 1.16. The Kier molecular flexibility index (Phi) is 4.41. The first-order chi connectivity index (χ1) is 7.63. The molecule has 1 aromatic carbocycles. The van der Waals surface area contributed by atoms with Gasteiger partial charge in [0.2, 0.25) is 0 Å². The largest absolute Gasteiger partial charge is 0.347 e. The minimum atomic E-state index is -0.903. The van der Waals surface area contributed by atoms with Crippen LogP contribution in [0.1, 0.15) is 5.56 Å².